The van der Waals surface area contributed by atoms with Gasteiger partial charge in [0.1, 0.15) is 21.8 Å². The van der Waals surface area contributed by atoms with Crippen LogP contribution in [0.5, 0.6) is 0 Å². The molecule has 11 nitrogen and oxygen atoms in total. The number of thiocarbonyl (C=S) groups is 2. The van der Waals surface area contributed by atoms with Gasteiger partial charge in [0, 0.05) is 26.2 Å². The number of furan rings is 1. The zero-order chi connectivity index (χ0) is 23.5. The molecule has 1 N–H and O–H groups in total. The van der Waals surface area contributed by atoms with Crippen molar-refractivity contribution >= 4 is 57.9 Å². The third-order valence-corrected chi connectivity index (χ3v) is 5.97. The summed E-state index contributed by atoms with van der Waals surface area (Å²) < 4.78 is 10.6. The monoisotopic (exact) mass is 490 g/mol. The number of amides is 1. The highest BCUT2D eigenvalue weighted by molar-refractivity contribution is 7.80. The van der Waals surface area contributed by atoms with Crippen LogP contribution in [0.25, 0.3) is 0 Å². The van der Waals surface area contributed by atoms with Gasteiger partial charge in [0.25, 0.3) is 0 Å². The van der Waals surface area contributed by atoms with Gasteiger partial charge in [-0.25, -0.2) is 9.78 Å². The molecule has 1 unspecified atom stereocenters. The van der Waals surface area contributed by atoms with Gasteiger partial charge in [-0.3, -0.25) is 15.0 Å². The van der Waals surface area contributed by atoms with Gasteiger partial charge in [-0.1, -0.05) is 24.4 Å². The first-order valence-corrected chi connectivity index (χ1v) is 11.1. The van der Waals surface area contributed by atoms with Crippen molar-refractivity contribution in [1.82, 2.24) is 15.2 Å². The maximum absolute atomic E-state index is 12.2. The van der Waals surface area contributed by atoms with Crippen LogP contribution in [0.15, 0.2) is 34.9 Å². The Balaban J connectivity index is 1.32. The molecular formula is C20H22N6O5S2. The molecule has 2 aromatic rings. The van der Waals surface area contributed by atoms with E-state index in [9.17, 15) is 14.9 Å². The van der Waals surface area contributed by atoms with Crippen LogP contribution in [0.4, 0.5) is 22.2 Å². The topological polar surface area (TPSA) is 117 Å². The summed E-state index contributed by atoms with van der Waals surface area (Å²) in [5.41, 5.74) is 0.671. The van der Waals surface area contributed by atoms with E-state index in [0.29, 0.717) is 60.7 Å². The summed E-state index contributed by atoms with van der Waals surface area (Å²) in [5.74, 6) is 0.785. The number of carbonyl (C=O) groups is 1. The second-order valence-electron chi connectivity index (χ2n) is 7.60. The first kappa shape index (κ1) is 22.9. The fourth-order valence-electron chi connectivity index (χ4n) is 3.66. The average Bonchev–Trinajstić information content (AvgIpc) is 3.45. The molecule has 13 heteroatoms. The summed E-state index contributed by atoms with van der Waals surface area (Å²) in [6.07, 6.45) is 0.983. The lowest BCUT2D eigenvalue weighted by atomic mass is 10.2. The molecule has 1 atom stereocenters. The number of hydrogen-bond acceptors (Lipinski definition) is 9. The van der Waals surface area contributed by atoms with Crippen LogP contribution in [-0.2, 0) is 4.74 Å². The Kier molecular flexibility index (Phi) is 6.70. The molecule has 2 aromatic heterocycles. The maximum Gasteiger partial charge on any atom is 0.433 e. The Labute approximate surface area is 200 Å². The fourth-order valence-corrected chi connectivity index (χ4v) is 4.03. The quantitative estimate of drug-likeness (QED) is 0.365. The zero-order valence-corrected chi connectivity index (χ0v) is 19.4. The lowest BCUT2D eigenvalue weighted by Crippen LogP contribution is -2.48. The second kappa shape index (κ2) is 9.67. The predicted octanol–water partition coefficient (Wildman–Crippen LogP) is 2.34. The molecule has 2 aliphatic rings. The van der Waals surface area contributed by atoms with Crippen molar-refractivity contribution in [3.8, 4) is 0 Å². The van der Waals surface area contributed by atoms with Gasteiger partial charge in [-0.15, -0.1) is 0 Å². The van der Waals surface area contributed by atoms with Crippen LogP contribution in [0.1, 0.15) is 12.7 Å². The second-order valence-corrected chi connectivity index (χ2v) is 8.60. The number of carbonyl (C=O) groups excluding carboxylic acids is 1. The average molecular weight is 491 g/mol. The molecule has 0 spiro atoms. The Morgan fingerprint density at radius 2 is 2.00 bits per heavy atom. The van der Waals surface area contributed by atoms with E-state index in [0.717, 1.165) is 5.82 Å². The van der Waals surface area contributed by atoms with Gasteiger partial charge in [0.05, 0.1) is 36.0 Å². The van der Waals surface area contributed by atoms with Gasteiger partial charge < -0.3 is 24.3 Å². The van der Waals surface area contributed by atoms with Crippen molar-refractivity contribution < 1.29 is 18.9 Å². The van der Waals surface area contributed by atoms with Crippen LogP contribution in [0.3, 0.4) is 0 Å². The van der Waals surface area contributed by atoms with E-state index in [1.54, 1.807) is 18.0 Å². The predicted molar refractivity (Wildman–Crippen MR) is 129 cm³/mol. The summed E-state index contributed by atoms with van der Waals surface area (Å²) in [4.78, 5) is 33.7. The largest absolute Gasteiger partial charge is 0.442 e. The first-order chi connectivity index (χ1) is 15.8. The fraction of sp³-hybridized carbons (Fsp3) is 0.400. The van der Waals surface area contributed by atoms with Crippen molar-refractivity contribution in [1.29, 1.82) is 0 Å². The summed E-state index contributed by atoms with van der Waals surface area (Å²) in [5, 5.41) is 13.8. The van der Waals surface area contributed by atoms with Gasteiger partial charge >= 0.3 is 12.0 Å². The van der Waals surface area contributed by atoms with Crippen LogP contribution in [0.2, 0.25) is 0 Å². The first-order valence-electron chi connectivity index (χ1n) is 10.3. The number of piperazine rings is 1. The molecule has 1 amide bonds. The standard InChI is InChI=1S/C20H22N6O5S2/c1-13(32)21-11-15-12-25(20(27)30-15)14-2-4-17(22-10-14)23-6-8-24(9-7-23)19(33)16-3-5-18(31-16)26(28)29/h2-5,10,15H,6-9,11-12H2,1H3,(H,21,32). The molecule has 0 radical (unpaired) electrons. The lowest BCUT2D eigenvalue weighted by Gasteiger charge is -2.36. The number of rotatable bonds is 6. The normalized spacial score (nSPS) is 18.3. The van der Waals surface area contributed by atoms with Crippen molar-refractivity contribution in [3.63, 3.8) is 0 Å². The van der Waals surface area contributed by atoms with E-state index >= 15 is 0 Å². The highest BCUT2D eigenvalue weighted by Gasteiger charge is 2.32. The SMILES string of the molecule is CC(=S)NCC1CN(c2ccc(N3CCN(C(=S)c4ccc([N+](=O)[O-])o4)CC3)nc2)C(=O)O1. The van der Waals surface area contributed by atoms with Crippen LogP contribution in [-0.4, -0.2) is 76.2 Å². The van der Waals surface area contributed by atoms with E-state index in [4.69, 9.17) is 33.6 Å². The summed E-state index contributed by atoms with van der Waals surface area (Å²) in [7, 11) is 0. The number of nitrogens with zero attached hydrogens (tertiary/aromatic N) is 5. The number of ether oxygens (including phenoxy) is 1. The number of cyclic esters (lactones) is 1. The van der Waals surface area contributed by atoms with Gasteiger partial charge in [0.15, 0.2) is 5.76 Å². The highest BCUT2D eigenvalue weighted by atomic mass is 32.1. The molecule has 2 saturated heterocycles. The van der Waals surface area contributed by atoms with Gasteiger partial charge in [0.2, 0.25) is 0 Å². The number of nitrogens with one attached hydrogen (secondary N) is 1. The Bertz CT molecular complexity index is 1070. The molecule has 33 heavy (non-hydrogen) atoms. The minimum absolute atomic E-state index is 0.275. The molecule has 0 bridgehead atoms. The molecule has 0 aliphatic carbocycles. The molecule has 2 aliphatic heterocycles. The van der Waals surface area contributed by atoms with E-state index in [1.165, 1.54) is 12.1 Å². The molecule has 174 valence electrons. The Hall–Kier alpha value is -3.32. The summed E-state index contributed by atoms with van der Waals surface area (Å²) in [6, 6.07) is 6.55. The summed E-state index contributed by atoms with van der Waals surface area (Å²) in [6.45, 7) is 5.28. The van der Waals surface area contributed by atoms with Crippen molar-refractivity contribution in [2.45, 2.75) is 13.0 Å². The van der Waals surface area contributed by atoms with E-state index in [-0.39, 0.29) is 12.0 Å². The van der Waals surface area contributed by atoms with Gasteiger partial charge in [-0.05, 0) is 25.1 Å². The van der Waals surface area contributed by atoms with Crippen molar-refractivity contribution in [2.75, 3.05) is 49.1 Å². The van der Waals surface area contributed by atoms with Gasteiger partial charge in [-0.2, -0.15) is 0 Å². The third kappa shape index (κ3) is 5.20. The van der Waals surface area contributed by atoms with E-state index in [2.05, 4.69) is 15.2 Å². The smallest absolute Gasteiger partial charge is 0.433 e. The lowest BCUT2D eigenvalue weighted by molar-refractivity contribution is -0.402. The molecule has 4 rings (SSSR count). The minimum atomic E-state index is -0.585. The Morgan fingerprint density at radius 3 is 2.61 bits per heavy atom. The van der Waals surface area contributed by atoms with E-state index in [1.807, 2.05) is 17.0 Å². The molecular weight excluding hydrogens is 468 g/mol. The molecule has 0 saturated carbocycles. The molecule has 0 aromatic carbocycles. The number of aromatic nitrogens is 1. The number of anilines is 2. The van der Waals surface area contributed by atoms with Crippen LogP contribution < -0.4 is 15.1 Å². The minimum Gasteiger partial charge on any atom is -0.442 e. The maximum atomic E-state index is 12.2. The van der Waals surface area contributed by atoms with Crippen molar-refractivity contribution in [3.05, 3.63) is 46.3 Å². The van der Waals surface area contributed by atoms with E-state index < -0.39 is 11.0 Å². The van der Waals surface area contributed by atoms with Crippen LogP contribution >= 0.6 is 24.4 Å². The molecule has 2 fully saturated rings. The Morgan fingerprint density at radius 1 is 1.24 bits per heavy atom. The van der Waals surface area contributed by atoms with Crippen LogP contribution in [0, 0.1) is 10.1 Å². The number of hydrogen-bond donors (Lipinski definition) is 1. The zero-order valence-electron chi connectivity index (χ0n) is 17.8. The number of nitro groups is 1. The molecule has 4 heterocycles. The third-order valence-electron chi connectivity index (χ3n) is 5.37. The van der Waals surface area contributed by atoms with Crippen molar-refractivity contribution in [2.24, 2.45) is 0 Å². The summed E-state index contributed by atoms with van der Waals surface area (Å²) >= 11 is 10.4. The number of pyridine rings is 1. The highest BCUT2D eigenvalue weighted by Crippen LogP contribution is 2.24.